The Morgan fingerprint density at radius 1 is 1.48 bits per heavy atom. The standard InChI is InChI=1S/C17H28ClN3O2/c1-10(2)13-12(15(18)21(6)20-13)16(22)19-9-11-7-8-23-14(11)17(3,4)5/h10-11,14H,7-9H2,1-6H3,(H,19,22)/t11-,14+/m1/s1. The van der Waals surface area contributed by atoms with Gasteiger partial charge >= 0.3 is 0 Å². The lowest BCUT2D eigenvalue weighted by Gasteiger charge is -2.31. The first-order valence-corrected chi connectivity index (χ1v) is 8.63. The van der Waals surface area contributed by atoms with Gasteiger partial charge in [0.25, 0.3) is 5.91 Å². The van der Waals surface area contributed by atoms with Gasteiger partial charge in [-0.3, -0.25) is 9.48 Å². The number of carbonyl (C=O) groups excluding carboxylic acids is 1. The fourth-order valence-electron chi connectivity index (χ4n) is 3.25. The van der Waals surface area contributed by atoms with Crippen LogP contribution >= 0.6 is 11.6 Å². The molecule has 1 aliphatic rings. The van der Waals surface area contributed by atoms with Crippen LogP contribution in [-0.2, 0) is 11.8 Å². The summed E-state index contributed by atoms with van der Waals surface area (Å²) in [5, 5.41) is 7.79. The SMILES string of the molecule is CC(C)c1nn(C)c(Cl)c1C(=O)NC[C@H]1CCO[C@@H]1C(C)(C)C. The lowest BCUT2D eigenvalue weighted by Crippen LogP contribution is -2.39. The number of amides is 1. The van der Waals surface area contributed by atoms with Gasteiger partial charge in [0.1, 0.15) is 5.15 Å². The zero-order valence-corrected chi connectivity index (χ0v) is 15.7. The Bertz CT molecular complexity index is 575. The molecule has 0 radical (unpaired) electrons. The predicted octanol–water partition coefficient (Wildman–Crippen LogP) is 3.38. The molecule has 0 spiro atoms. The van der Waals surface area contributed by atoms with Crippen LogP contribution in [0.15, 0.2) is 0 Å². The first-order chi connectivity index (χ1) is 10.6. The van der Waals surface area contributed by atoms with Gasteiger partial charge in [-0.1, -0.05) is 46.2 Å². The van der Waals surface area contributed by atoms with E-state index in [-0.39, 0.29) is 23.3 Å². The van der Waals surface area contributed by atoms with Gasteiger partial charge in [0.2, 0.25) is 0 Å². The fraction of sp³-hybridized carbons (Fsp3) is 0.765. The van der Waals surface area contributed by atoms with Crippen molar-refractivity contribution in [1.82, 2.24) is 15.1 Å². The smallest absolute Gasteiger partial charge is 0.256 e. The van der Waals surface area contributed by atoms with E-state index in [2.05, 4.69) is 31.2 Å². The van der Waals surface area contributed by atoms with E-state index < -0.39 is 0 Å². The van der Waals surface area contributed by atoms with Crippen LogP contribution in [0.5, 0.6) is 0 Å². The normalized spacial score (nSPS) is 21.9. The summed E-state index contributed by atoms with van der Waals surface area (Å²) in [5.74, 6) is 0.329. The number of hydrogen-bond donors (Lipinski definition) is 1. The van der Waals surface area contributed by atoms with Gasteiger partial charge in [-0.15, -0.1) is 0 Å². The zero-order valence-electron chi connectivity index (χ0n) is 14.9. The first-order valence-electron chi connectivity index (χ1n) is 8.25. The highest BCUT2D eigenvalue weighted by Crippen LogP contribution is 2.34. The van der Waals surface area contributed by atoms with Gasteiger partial charge in [-0.05, 0) is 17.8 Å². The van der Waals surface area contributed by atoms with E-state index in [1.165, 1.54) is 0 Å². The molecule has 1 N–H and O–H groups in total. The maximum absolute atomic E-state index is 12.6. The van der Waals surface area contributed by atoms with Crippen molar-refractivity contribution >= 4 is 17.5 Å². The van der Waals surface area contributed by atoms with E-state index in [1.54, 1.807) is 11.7 Å². The molecule has 23 heavy (non-hydrogen) atoms. The van der Waals surface area contributed by atoms with Gasteiger partial charge in [0.15, 0.2) is 0 Å². The lowest BCUT2D eigenvalue weighted by molar-refractivity contribution is 0.00737. The second kappa shape index (κ2) is 6.81. The summed E-state index contributed by atoms with van der Waals surface area (Å²) in [6, 6.07) is 0. The van der Waals surface area contributed by atoms with Gasteiger partial charge in [0.05, 0.1) is 17.4 Å². The molecule has 1 aromatic rings. The Balaban J connectivity index is 2.09. The van der Waals surface area contributed by atoms with Crippen molar-refractivity contribution in [2.45, 2.75) is 53.1 Å². The molecular weight excluding hydrogens is 314 g/mol. The third-order valence-electron chi connectivity index (χ3n) is 4.37. The van der Waals surface area contributed by atoms with Crippen molar-refractivity contribution in [3.05, 3.63) is 16.4 Å². The van der Waals surface area contributed by atoms with Crippen molar-refractivity contribution in [1.29, 1.82) is 0 Å². The Morgan fingerprint density at radius 3 is 2.70 bits per heavy atom. The molecule has 0 unspecified atom stereocenters. The van der Waals surface area contributed by atoms with Crippen LogP contribution in [0.2, 0.25) is 5.15 Å². The lowest BCUT2D eigenvalue weighted by atomic mass is 9.81. The number of ether oxygens (including phenoxy) is 1. The molecule has 0 aromatic carbocycles. The molecule has 6 heteroatoms. The summed E-state index contributed by atoms with van der Waals surface area (Å²) in [4.78, 5) is 12.6. The Labute approximate surface area is 143 Å². The molecule has 0 bridgehead atoms. The average molecular weight is 342 g/mol. The van der Waals surface area contributed by atoms with Crippen molar-refractivity contribution in [2.75, 3.05) is 13.2 Å². The zero-order chi connectivity index (χ0) is 17.4. The monoisotopic (exact) mass is 341 g/mol. The third kappa shape index (κ3) is 3.89. The van der Waals surface area contributed by atoms with Crippen LogP contribution in [0.25, 0.3) is 0 Å². The summed E-state index contributed by atoms with van der Waals surface area (Å²) in [5.41, 5.74) is 1.31. The van der Waals surface area contributed by atoms with E-state index >= 15 is 0 Å². The number of aromatic nitrogens is 2. The molecule has 2 rings (SSSR count). The van der Waals surface area contributed by atoms with E-state index in [1.807, 2.05) is 13.8 Å². The van der Waals surface area contributed by atoms with Gasteiger partial charge in [-0.25, -0.2) is 0 Å². The summed E-state index contributed by atoms with van der Waals surface area (Å²) >= 11 is 6.26. The van der Waals surface area contributed by atoms with Gasteiger partial charge in [0, 0.05) is 26.1 Å². The van der Waals surface area contributed by atoms with Crippen LogP contribution in [0.4, 0.5) is 0 Å². The summed E-state index contributed by atoms with van der Waals surface area (Å²) in [7, 11) is 1.76. The highest BCUT2D eigenvalue weighted by atomic mass is 35.5. The van der Waals surface area contributed by atoms with Gasteiger partial charge in [-0.2, -0.15) is 5.10 Å². The molecule has 2 heterocycles. The van der Waals surface area contributed by atoms with Gasteiger partial charge < -0.3 is 10.1 Å². The summed E-state index contributed by atoms with van der Waals surface area (Å²) in [6.45, 7) is 11.9. The molecule has 1 fully saturated rings. The molecule has 5 nitrogen and oxygen atoms in total. The molecule has 0 saturated carbocycles. The van der Waals surface area contributed by atoms with E-state index in [9.17, 15) is 4.79 Å². The van der Waals surface area contributed by atoms with Crippen LogP contribution in [0.1, 0.15) is 63.0 Å². The van der Waals surface area contributed by atoms with Crippen molar-refractivity contribution < 1.29 is 9.53 Å². The minimum Gasteiger partial charge on any atom is -0.377 e. The molecular formula is C17H28ClN3O2. The molecule has 0 aliphatic carbocycles. The van der Waals surface area contributed by atoms with Crippen LogP contribution in [-0.4, -0.2) is 34.9 Å². The number of aryl methyl sites for hydroxylation is 1. The fourth-order valence-corrected chi connectivity index (χ4v) is 3.47. The maximum atomic E-state index is 12.6. The van der Waals surface area contributed by atoms with E-state index in [0.29, 0.717) is 23.2 Å². The average Bonchev–Trinajstić information content (AvgIpc) is 3.02. The van der Waals surface area contributed by atoms with E-state index in [0.717, 1.165) is 18.7 Å². The Hall–Kier alpha value is -1.07. The van der Waals surface area contributed by atoms with E-state index in [4.69, 9.17) is 16.3 Å². The molecule has 1 saturated heterocycles. The molecule has 2 atom stereocenters. The molecule has 130 valence electrons. The van der Waals surface area contributed by atoms with Crippen molar-refractivity contribution in [3.8, 4) is 0 Å². The largest absolute Gasteiger partial charge is 0.377 e. The first kappa shape index (κ1) is 18.3. The van der Waals surface area contributed by atoms with Crippen LogP contribution in [0, 0.1) is 11.3 Å². The second-order valence-electron chi connectivity index (χ2n) is 7.75. The third-order valence-corrected chi connectivity index (χ3v) is 4.80. The number of nitrogens with one attached hydrogen (secondary N) is 1. The highest BCUT2D eigenvalue weighted by Gasteiger charge is 2.37. The molecule has 1 aromatic heterocycles. The van der Waals surface area contributed by atoms with Crippen molar-refractivity contribution in [2.24, 2.45) is 18.4 Å². The Morgan fingerprint density at radius 2 is 2.13 bits per heavy atom. The highest BCUT2D eigenvalue weighted by molar-refractivity contribution is 6.33. The number of nitrogens with zero attached hydrogens (tertiary/aromatic N) is 2. The summed E-state index contributed by atoms with van der Waals surface area (Å²) < 4.78 is 7.42. The second-order valence-corrected chi connectivity index (χ2v) is 8.10. The quantitative estimate of drug-likeness (QED) is 0.913. The topological polar surface area (TPSA) is 56.2 Å². The van der Waals surface area contributed by atoms with Crippen LogP contribution in [0.3, 0.4) is 0 Å². The Kier molecular flexibility index (Phi) is 5.41. The number of rotatable bonds is 4. The minimum absolute atomic E-state index is 0.0704. The molecule has 1 aliphatic heterocycles. The van der Waals surface area contributed by atoms with Crippen molar-refractivity contribution in [3.63, 3.8) is 0 Å². The number of halogens is 1. The number of carbonyl (C=O) groups is 1. The summed E-state index contributed by atoms with van der Waals surface area (Å²) in [6.07, 6.45) is 1.14. The molecule has 1 amide bonds. The number of hydrogen-bond acceptors (Lipinski definition) is 3. The maximum Gasteiger partial charge on any atom is 0.256 e. The predicted molar refractivity (Wildman–Crippen MR) is 91.9 cm³/mol. The minimum atomic E-state index is -0.147. The van der Waals surface area contributed by atoms with Crippen LogP contribution < -0.4 is 5.32 Å².